The third-order valence-electron chi connectivity index (χ3n) is 3.19. The zero-order chi connectivity index (χ0) is 17.7. The van der Waals surface area contributed by atoms with Crippen LogP contribution in [0.2, 0.25) is 0 Å². The lowest BCUT2D eigenvalue weighted by Crippen LogP contribution is -2.24. The Hall–Kier alpha value is -2.71. The molecule has 2 aromatic rings. The lowest BCUT2D eigenvalue weighted by Gasteiger charge is -2.10. The fourth-order valence-corrected chi connectivity index (χ4v) is 2.57. The van der Waals surface area contributed by atoms with Crippen molar-refractivity contribution in [1.82, 2.24) is 5.32 Å². The van der Waals surface area contributed by atoms with Gasteiger partial charge >= 0.3 is 0 Å². The number of carbonyl (C=O) groups excluding carboxylic acids is 2. The number of hydrogen-bond acceptors (Lipinski definition) is 4. The van der Waals surface area contributed by atoms with Crippen LogP contribution < -0.4 is 15.8 Å². The molecule has 0 heterocycles. The smallest absolute Gasteiger partial charge is 0.253 e. The van der Waals surface area contributed by atoms with Crippen LogP contribution in [0, 0.1) is 0 Å². The van der Waals surface area contributed by atoms with Crippen LogP contribution in [0.4, 0.5) is 5.69 Å². The molecular weight excluding hydrogens is 330 g/mol. The number of carbonyl (C=O) groups is 2. The second-order valence-electron chi connectivity index (χ2n) is 5.10. The summed E-state index contributed by atoms with van der Waals surface area (Å²) in [5.41, 5.74) is 1.48. The molecule has 0 saturated heterocycles. The highest BCUT2D eigenvalue weighted by Gasteiger charge is 2.12. The molecule has 126 valence electrons. The number of sulfonamides is 1. The number of para-hydroxylation sites is 1. The van der Waals surface area contributed by atoms with Crippen LogP contribution >= 0.6 is 0 Å². The quantitative estimate of drug-likeness (QED) is 0.753. The molecule has 2 aromatic carbocycles. The molecule has 0 radical (unpaired) electrons. The van der Waals surface area contributed by atoms with Crippen LogP contribution in [0.25, 0.3) is 0 Å². The minimum Gasteiger partial charge on any atom is -0.348 e. The predicted octanol–water partition coefficient (Wildman–Crippen LogP) is 1.22. The summed E-state index contributed by atoms with van der Waals surface area (Å²) in [6.07, 6.45) is 0. The normalized spacial score (nSPS) is 10.9. The molecule has 0 aliphatic rings. The Morgan fingerprint density at radius 2 is 1.67 bits per heavy atom. The number of primary sulfonamides is 1. The fourth-order valence-electron chi connectivity index (χ4n) is 2.05. The van der Waals surface area contributed by atoms with Gasteiger partial charge in [-0.05, 0) is 29.8 Å². The van der Waals surface area contributed by atoms with Crippen LogP contribution in [-0.4, -0.2) is 20.2 Å². The lowest BCUT2D eigenvalue weighted by molar-refractivity contribution is -0.114. The van der Waals surface area contributed by atoms with Gasteiger partial charge in [-0.1, -0.05) is 24.3 Å². The number of benzene rings is 2. The molecule has 0 aromatic heterocycles. The monoisotopic (exact) mass is 347 g/mol. The Labute approximate surface area is 139 Å². The van der Waals surface area contributed by atoms with Crippen LogP contribution in [0.1, 0.15) is 22.8 Å². The van der Waals surface area contributed by atoms with E-state index in [1.807, 2.05) is 0 Å². The van der Waals surface area contributed by atoms with E-state index in [0.717, 1.165) is 0 Å². The summed E-state index contributed by atoms with van der Waals surface area (Å²) in [4.78, 5) is 23.5. The standard InChI is InChI=1S/C16H17N3O4S/c1-11(20)19-15-5-3-2-4-14(15)16(21)18-10-12-6-8-13(9-7-12)24(17,22)23/h2-9H,10H2,1H3,(H,18,21)(H,19,20)(H2,17,22,23). The summed E-state index contributed by atoms with van der Waals surface area (Å²) < 4.78 is 22.4. The van der Waals surface area contributed by atoms with E-state index in [9.17, 15) is 18.0 Å². The third-order valence-corrected chi connectivity index (χ3v) is 4.12. The third kappa shape index (κ3) is 4.64. The second kappa shape index (κ2) is 7.24. The first kappa shape index (κ1) is 17.6. The van der Waals surface area contributed by atoms with Gasteiger partial charge in [0.25, 0.3) is 5.91 Å². The van der Waals surface area contributed by atoms with Crippen molar-refractivity contribution in [2.75, 3.05) is 5.32 Å². The number of amides is 2. The number of hydrogen-bond donors (Lipinski definition) is 3. The van der Waals surface area contributed by atoms with Gasteiger partial charge in [0.05, 0.1) is 16.1 Å². The minimum absolute atomic E-state index is 0.00794. The molecule has 2 amide bonds. The summed E-state index contributed by atoms with van der Waals surface area (Å²) in [6, 6.07) is 12.5. The van der Waals surface area contributed by atoms with Gasteiger partial charge in [-0.2, -0.15) is 0 Å². The van der Waals surface area contributed by atoms with Gasteiger partial charge < -0.3 is 10.6 Å². The molecule has 7 nitrogen and oxygen atoms in total. The van der Waals surface area contributed by atoms with Crippen molar-refractivity contribution in [3.8, 4) is 0 Å². The first-order chi connectivity index (χ1) is 11.3. The van der Waals surface area contributed by atoms with Gasteiger partial charge in [-0.3, -0.25) is 9.59 Å². The Morgan fingerprint density at radius 1 is 1.04 bits per heavy atom. The van der Waals surface area contributed by atoms with E-state index < -0.39 is 10.0 Å². The van der Waals surface area contributed by atoms with E-state index in [0.29, 0.717) is 16.8 Å². The Morgan fingerprint density at radius 3 is 2.25 bits per heavy atom. The molecule has 0 bridgehead atoms. The van der Waals surface area contributed by atoms with Crippen LogP contribution in [0.3, 0.4) is 0 Å². The lowest BCUT2D eigenvalue weighted by atomic mass is 10.1. The molecule has 0 aliphatic heterocycles. The van der Waals surface area contributed by atoms with Gasteiger partial charge in [-0.15, -0.1) is 0 Å². The van der Waals surface area contributed by atoms with Crippen molar-refractivity contribution in [2.24, 2.45) is 5.14 Å². The second-order valence-corrected chi connectivity index (χ2v) is 6.66. The summed E-state index contributed by atoms with van der Waals surface area (Å²) in [7, 11) is -3.74. The van der Waals surface area contributed by atoms with Crippen LogP contribution in [0.5, 0.6) is 0 Å². The first-order valence-corrected chi connectivity index (χ1v) is 8.58. The summed E-state index contributed by atoms with van der Waals surface area (Å²) in [6.45, 7) is 1.57. The van der Waals surface area contributed by atoms with Crippen LogP contribution in [-0.2, 0) is 21.4 Å². The molecule has 0 aliphatic carbocycles. The molecule has 0 spiro atoms. The highest BCUT2D eigenvalue weighted by molar-refractivity contribution is 7.89. The predicted molar refractivity (Wildman–Crippen MR) is 89.7 cm³/mol. The Balaban J connectivity index is 2.07. The zero-order valence-electron chi connectivity index (χ0n) is 12.9. The summed E-state index contributed by atoms with van der Waals surface area (Å²) in [5, 5.41) is 10.3. The first-order valence-electron chi connectivity index (χ1n) is 7.04. The van der Waals surface area contributed by atoms with E-state index in [2.05, 4.69) is 10.6 Å². The minimum atomic E-state index is -3.74. The maximum Gasteiger partial charge on any atom is 0.253 e. The van der Waals surface area contributed by atoms with Crippen molar-refractivity contribution in [3.63, 3.8) is 0 Å². The van der Waals surface area contributed by atoms with Crippen molar-refractivity contribution in [2.45, 2.75) is 18.4 Å². The SMILES string of the molecule is CC(=O)Nc1ccccc1C(=O)NCc1ccc(S(N)(=O)=O)cc1. The maximum absolute atomic E-state index is 12.3. The van der Waals surface area contributed by atoms with E-state index in [-0.39, 0.29) is 23.3 Å². The zero-order valence-corrected chi connectivity index (χ0v) is 13.8. The van der Waals surface area contributed by atoms with Crippen molar-refractivity contribution >= 4 is 27.5 Å². The van der Waals surface area contributed by atoms with Crippen molar-refractivity contribution in [1.29, 1.82) is 0 Å². The number of rotatable bonds is 5. The van der Waals surface area contributed by atoms with Crippen molar-refractivity contribution < 1.29 is 18.0 Å². The summed E-state index contributed by atoms with van der Waals surface area (Å²) in [5.74, 6) is -0.622. The number of nitrogens with two attached hydrogens (primary N) is 1. The average molecular weight is 347 g/mol. The van der Waals surface area contributed by atoms with E-state index in [4.69, 9.17) is 5.14 Å². The highest BCUT2D eigenvalue weighted by Crippen LogP contribution is 2.15. The van der Waals surface area contributed by atoms with Crippen LogP contribution in [0.15, 0.2) is 53.4 Å². The maximum atomic E-state index is 12.3. The molecule has 8 heteroatoms. The average Bonchev–Trinajstić information content (AvgIpc) is 2.52. The molecule has 0 saturated carbocycles. The summed E-state index contributed by atoms with van der Waals surface area (Å²) >= 11 is 0. The van der Waals surface area contributed by atoms with E-state index in [1.165, 1.54) is 19.1 Å². The van der Waals surface area contributed by atoms with E-state index >= 15 is 0 Å². The Kier molecular flexibility index (Phi) is 5.32. The molecule has 24 heavy (non-hydrogen) atoms. The molecular formula is C16H17N3O4S. The molecule has 0 atom stereocenters. The molecule has 4 N–H and O–H groups in total. The molecule has 2 rings (SSSR count). The van der Waals surface area contributed by atoms with Gasteiger partial charge in [0.15, 0.2) is 0 Å². The van der Waals surface area contributed by atoms with Gasteiger partial charge in [0.2, 0.25) is 15.9 Å². The van der Waals surface area contributed by atoms with Crippen molar-refractivity contribution in [3.05, 3.63) is 59.7 Å². The highest BCUT2D eigenvalue weighted by atomic mass is 32.2. The van der Waals surface area contributed by atoms with Gasteiger partial charge in [0, 0.05) is 13.5 Å². The largest absolute Gasteiger partial charge is 0.348 e. The Bertz CT molecular complexity index is 861. The molecule has 0 unspecified atom stereocenters. The number of nitrogens with one attached hydrogen (secondary N) is 2. The van der Waals surface area contributed by atoms with Gasteiger partial charge in [-0.25, -0.2) is 13.6 Å². The van der Waals surface area contributed by atoms with E-state index in [1.54, 1.807) is 36.4 Å². The fraction of sp³-hybridized carbons (Fsp3) is 0.125. The molecule has 0 fully saturated rings. The topological polar surface area (TPSA) is 118 Å². The number of anilines is 1. The van der Waals surface area contributed by atoms with Gasteiger partial charge in [0.1, 0.15) is 0 Å².